The Labute approximate surface area is 164 Å². The van der Waals surface area contributed by atoms with Crippen molar-refractivity contribution in [1.29, 1.82) is 0 Å². The smallest absolute Gasteiger partial charge is 0.221 e. The maximum Gasteiger partial charge on any atom is 0.221 e. The van der Waals surface area contributed by atoms with Crippen molar-refractivity contribution in [2.24, 2.45) is 0 Å². The number of rotatable bonds is 7. The molecule has 3 aromatic rings. The molecule has 0 saturated heterocycles. The second-order valence-corrected chi connectivity index (χ2v) is 7.44. The Bertz CT molecular complexity index is 919. The van der Waals surface area contributed by atoms with Gasteiger partial charge in [0.2, 0.25) is 5.91 Å². The lowest BCUT2D eigenvalue weighted by molar-refractivity contribution is -0.121. The zero-order chi connectivity index (χ0) is 19.3. The molecule has 1 aromatic carbocycles. The zero-order valence-electron chi connectivity index (χ0n) is 15.9. The van der Waals surface area contributed by atoms with Crippen LogP contribution in [0.4, 0.5) is 0 Å². The molecular weight excluding hydrogens is 352 g/mol. The quantitative estimate of drug-likeness (QED) is 0.659. The summed E-state index contributed by atoms with van der Waals surface area (Å²) >= 11 is 0. The van der Waals surface area contributed by atoms with E-state index >= 15 is 0 Å². The summed E-state index contributed by atoms with van der Waals surface area (Å²) in [6, 6.07) is 12.4. The lowest BCUT2D eigenvalue weighted by Gasteiger charge is -2.30. The van der Waals surface area contributed by atoms with Crippen molar-refractivity contribution >= 4 is 16.8 Å². The molecule has 1 aliphatic heterocycles. The van der Waals surface area contributed by atoms with Crippen molar-refractivity contribution in [3.05, 3.63) is 66.1 Å². The van der Waals surface area contributed by atoms with E-state index in [9.17, 15) is 9.90 Å². The number of carbonyl (C=O) groups is 1. The van der Waals surface area contributed by atoms with Gasteiger partial charge in [0.25, 0.3) is 0 Å². The van der Waals surface area contributed by atoms with E-state index in [1.165, 1.54) is 11.1 Å². The third-order valence-electron chi connectivity index (χ3n) is 5.27. The molecule has 1 amide bonds. The third-order valence-corrected chi connectivity index (χ3v) is 5.27. The SMILES string of the molecule is O=C(CCn1cc2cccnc2c1)NC[C@@H](O)CN1CCc2ccccc2C1. The minimum atomic E-state index is -0.562. The van der Waals surface area contributed by atoms with Gasteiger partial charge in [0.15, 0.2) is 0 Å². The number of β-amino-alcohol motifs (C(OH)–C–C–N with tert-alkyl or cyclic N) is 1. The van der Waals surface area contributed by atoms with Gasteiger partial charge < -0.3 is 15.0 Å². The molecule has 1 atom stereocenters. The highest BCUT2D eigenvalue weighted by atomic mass is 16.3. The number of aliphatic hydroxyl groups is 1. The van der Waals surface area contributed by atoms with Crippen molar-refractivity contribution in [2.75, 3.05) is 19.6 Å². The summed E-state index contributed by atoms with van der Waals surface area (Å²) in [6.45, 7) is 3.25. The second-order valence-electron chi connectivity index (χ2n) is 7.44. The van der Waals surface area contributed by atoms with Crippen molar-refractivity contribution < 1.29 is 9.90 Å². The molecule has 0 spiro atoms. The Morgan fingerprint density at radius 3 is 2.89 bits per heavy atom. The first-order chi connectivity index (χ1) is 13.7. The molecule has 2 N–H and O–H groups in total. The largest absolute Gasteiger partial charge is 0.390 e. The number of nitrogens with one attached hydrogen (secondary N) is 1. The van der Waals surface area contributed by atoms with Crippen molar-refractivity contribution in [2.45, 2.75) is 32.0 Å². The molecule has 0 radical (unpaired) electrons. The number of fused-ring (bicyclic) bond motifs is 2. The number of aromatic nitrogens is 2. The number of aryl methyl sites for hydroxylation is 1. The fourth-order valence-electron chi connectivity index (χ4n) is 3.77. The molecule has 146 valence electrons. The van der Waals surface area contributed by atoms with Gasteiger partial charge in [0.05, 0.1) is 11.6 Å². The van der Waals surface area contributed by atoms with E-state index in [1.807, 2.05) is 29.1 Å². The fraction of sp³-hybridized carbons (Fsp3) is 0.364. The maximum absolute atomic E-state index is 12.1. The van der Waals surface area contributed by atoms with Crippen LogP contribution in [0.1, 0.15) is 17.5 Å². The van der Waals surface area contributed by atoms with Crippen LogP contribution in [-0.2, 0) is 24.3 Å². The van der Waals surface area contributed by atoms with Gasteiger partial charge in [-0.3, -0.25) is 14.7 Å². The summed E-state index contributed by atoms with van der Waals surface area (Å²) in [5, 5.41) is 14.2. The van der Waals surface area contributed by atoms with E-state index < -0.39 is 6.10 Å². The number of pyridine rings is 1. The lowest BCUT2D eigenvalue weighted by Crippen LogP contribution is -2.42. The van der Waals surface area contributed by atoms with E-state index in [2.05, 4.69) is 39.5 Å². The van der Waals surface area contributed by atoms with Crippen LogP contribution in [0.3, 0.4) is 0 Å². The summed E-state index contributed by atoms with van der Waals surface area (Å²) in [7, 11) is 0. The standard InChI is InChI=1S/C22H26N4O2/c27-20(15-25-10-7-17-4-1-2-5-18(17)13-25)12-24-22(28)8-11-26-14-19-6-3-9-23-21(19)16-26/h1-6,9,14,16,20,27H,7-8,10-13,15H2,(H,24,28)/t20-/m1/s1. The Balaban J connectivity index is 1.19. The third kappa shape index (κ3) is 4.58. The first-order valence-corrected chi connectivity index (χ1v) is 9.82. The minimum Gasteiger partial charge on any atom is -0.390 e. The number of aliphatic hydroxyl groups excluding tert-OH is 1. The van der Waals surface area contributed by atoms with Gasteiger partial charge in [-0.2, -0.15) is 0 Å². The van der Waals surface area contributed by atoms with Crippen LogP contribution < -0.4 is 5.32 Å². The Hall–Kier alpha value is -2.70. The molecule has 4 rings (SSSR count). The van der Waals surface area contributed by atoms with Gasteiger partial charge in [0.1, 0.15) is 0 Å². The highest BCUT2D eigenvalue weighted by Gasteiger charge is 2.18. The zero-order valence-corrected chi connectivity index (χ0v) is 15.9. The van der Waals surface area contributed by atoms with Crippen LogP contribution in [0.5, 0.6) is 0 Å². The van der Waals surface area contributed by atoms with Crippen molar-refractivity contribution in [3.63, 3.8) is 0 Å². The number of carbonyl (C=O) groups excluding carboxylic acids is 1. The van der Waals surface area contributed by atoms with E-state index in [1.54, 1.807) is 6.20 Å². The minimum absolute atomic E-state index is 0.0474. The summed E-state index contributed by atoms with van der Waals surface area (Å²) in [4.78, 5) is 18.7. The summed E-state index contributed by atoms with van der Waals surface area (Å²) < 4.78 is 1.98. The van der Waals surface area contributed by atoms with Crippen LogP contribution in [0.2, 0.25) is 0 Å². The summed E-state index contributed by atoms with van der Waals surface area (Å²) in [5.74, 6) is -0.0474. The highest BCUT2D eigenvalue weighted by Crippen LogP contribution is 2.18. The van der Waals surface area contributed by atoms with E-state index in [0.29, 0.717) is 19.5 Å². The Morgan fingerprint density at radius 2 is 2.04 bits per heavy atom. The molecule has 0 saturated carbocycles. The molecule has 1 aliphatic rings. The fourth-order valence-corrected chi connectivity index (χ4v) is 3.77. The van der Waals surface area contributed by atoms with Gasteiger partial charge in [0, 0.05) is 63.1 Å². The highest BCUT2D eigenvalue weighted by molar-refractivity contribution is 5.78. The van der Waals surface area contributed by atoms with Crippen LogP contribution >= 0.6 is 0 Å². The number of nitrogens with zero attached hydrogens (tertiary/aromatic N) is 3. The summed E-state index contributed by atoms with van der Waals surface area (Å²) in [6.07, 6.45) is 6.54. The number of benzene rings is 1. The van der Waals surface area contributed by atoms with Crippen LogP contribution in [0, 0.1) is 0 Å². The molecule has 6 nitrogen and oxygen atoms in total. The average Bonchev–Trinajstić information content (AvgIpc) is 3.14. The normalized spacial score (nSPS) is 15.3. The number of hydrogen-bond acceptors (Lipinski definition) is 4. The van der Waals surface area contributed by atoms with Gasteiger partial charge in [-0.05, 0) is 29.7 Å². The lowest BCUT2D eigenvalue weighted by atomic mass is 10.00. The molecular formula is C22H26N4O2. The first kappa shape index (κ1) is 18.7. The molecule has 3 heterocycles. The topological polar surface area (TPSA) is 70.4 Å². The average molecular weight is 378 g/mol. The molecule has 0 aliphatic carbocycles. The van der Waals surface area contributed by atoms with Gasteiger partial charge in [-0.15, -0.1) is 0 Å². The van der Waals surface area contributed by atoms with Crippen LogP contribution in [0.25, 0.3) is 10.9 Å². The van der Waals surface area contributed by atoms with Gasteiger partial charge >= 0.3 is 0 Å². The first-order valence-electron chi connectivity index (χ1n) is 9.82. The molecule has 28 heavy (non-hydrogen) atoms. The Morgan fingerprint density at radius 1 is 1.18 bits per heavy atom. The van der Waals surface area contributed by atoms with Crippen LogP contribution in [0.15, 0.2) is 55.0 Å². The summed E-state index contributed by atoms with van der Waals surface area (Å²) in [5.41, 5.74) is 3.66. The Kier molecular flexibility index (Phi) is 5.69. The monoisotopic (exact) mass is 378 g/mol. The second kappa shape index (κ2) is 8.54. The maximum atomic E-state index is 12.1. The molecule has 0 fully saturated rings. The van der Waals surface area contributed by atoms with Gasteiger partial charge in [-0.25, -0.2) is 0 Å². The molecule has 2 aromatic heterocycles. The van der Waals surface area contributed by atoms with Crippen molar-refractivity contribution in [1.82, 2.24) is 19.8 Å². The number of amides is 1. The molecule has 6 heteroatoms. The predicted molar refractivity (Wildman–Crippen MR) is 109 cm³/mol. The van der Waals surface area contributed by atoms with E-state index in [0.717, 1.165) is 30.4 Å². The van der Waals surface area contributed by atoms with Crippen LogP contribution in [-0.4, -0.2) is 51.2 Å². The van der Waals surface area contributed by atoms with Gasteiger partial charge in [-0.1, -0.05) is 24.3 Å². The number of hydrogen-bond donors (Lipinski definition) is 2. The molecule has 0 unspecified atom stereocenters. The predicted octanol–water partition coefficient (Wildman–Crippen LogP) is 1.96. The van der Waals surface area contributed by atoms with Crippen molar-refractivity contribution in [3.8, 4) is 0 Å². The molecule has 0 bridgehead atoms. The van der Waals surface area contributed by atoms with E-state index in [-0.39, 0.29) is 12.5 Å². The van der Waals surface area contributed by atoms with E-state index in [4.69, 9.17) is 0 Å².